The summed E-state index contributed by atoms with van der Waals surface area (Å²) >= 11 is 0. The van der Waals surface area contributed by atoms with Gasteiger partial charge >= 0.3 is 0 Å². The molecule has 140 valence electrons. The molecule has 0 N–H and O–H groups in total. The van der Waals surface area contributed by atoms with Gasteiger partial charge in [0, 0.05) is 35.2 Å². The summed E-state index contributed by atoms with van der Waals surface area (Å²) in [4.78, 5) is 8.40. The fraction of sp³-hybridized carbons (Fsp3) is 0.150. The van der Waals surface area contributed by atoms with Crippen LogP contribution in [0, 0.1) is 0 Å². The summed E-state index contributed by atoms with van der Waals surface area (Å²) in [5, 5.41) is 12.6. The molecule has 4 aromatic rings. The topological polar surface area (TPSA) is 97.1 Å². The summed E-state index contributed by atoms with van der Waals surface area (Å²) in [6.45, 7) is 0.579. The predicted octanol–water partition coefficient (Wildman–Crippen LogP) is 1.89. The summed E-state index contributed by atoms with van der Waals surface area (Å²) < 4.78 is 19.1. The van der Waals surface area contributed by atoms with E-state index in [1.807, 2.05) is 24.3 Å². The Hall–Kier alpha value is -4.01. The van der Waals surface area contributed by atoms with Gasteiger partial charge in [-0.2, -0.15) is 4.68 Å². The van der Waals surface area contributed by atoms with E-state index in [-0.39, 0.29) is 6.79 Å². The van der Waals surface area contributed by atoms with Gasteiger partial charge in [-0.3, -0.25) is 0 Å². The lowest BCUT2D eigenvalue weighted by molar-refractivity contribution is 0.173. The molecule has 1 unspecified atom stereocenters. The van der Waals surface area contributed by atoms with Crippen molar-refractivity contribution in [3.05, 3.63) is 66.0 Å². The van der Waals surface area contributed by atoms with Gasteiger partial charge in [-0.05, 0) is 28.1 Å². The van der Waals surface area contributed by atoms with Crippen LogP contribution in [0.25, 0.3) is 16.8 Å². The van der Waals surface area contributed by atoms with Crippen molar-refractivity contribution in [1.82, 2.24) is 30.2 Å². The van der Waals surface area contributed by atoms with Crippen molar-refractivity contribution >= 4 is 0 Å². The molecule has 0 fully saturated rings. The number of hydrogen-bond donors (Lipinski definition) is 0. The fourth-order valence-electron chi connectivity index (χ4n) is 4.60. The predicted molar refractivity (Wildman–Crippen MR) is 98.1 cm³/mol. The van der Waals surface area contributed by atoms with E-state index in [0.717, 1.165) is 39.5 Å². The fourth-order valence-corrected chi connectivity index (χ4v) is 4.60. The van der Waals surface area contributed by atoms with E-state index in [4.69, 9.17) is 14.2 Å². The highest BCUT2D eigenvalue weighted by Gasteiger charge is 2.55. The first-order valence-corrected chi connectivity index (χ1v) is 9.11. The Morgan fingerprint density at radius 3 is 2.72 bits per heavy atom. The molecular weight excluding hydrogens is 372 g/mol. The number of nitrogens with zero attached hydrogens (tertiary/aromatic N) is 6. The first-order valence-electron chi connectivity index (χ1n) is 9.11. The van der Waals surface area contributed by atoms with Gasteiger partial charge in [0.15, 0.2) is 17.3 Å². The first-order chi connectivity index (χ1) is 14.4. The Morgan fingerprint density at radius 2 is 1.83 bits per heavy atom. The van der Waals surface area contributed by atoms with Gasteiger partial charge < -0.3 is 14.2 Å². The highest BCUT2D eigenvalue weighted by Crippen LogP contribution is 2.57. The van der Waals surface area contributed by atoms with Gasteiger partial charge in [-0.1, -0.05) is 12.1 Å². The van der Waals surface area contributed by atoms with Crippen molar-refractivity contribution in [2.24, 2.45) is 0 Å². The van der Waals surface area contributed by atoms with E-state index in [2.05, 4.69) is 31.6 Å². The van der Waals surface area contributed by atoms with Gasteiger partial charge in [-0.25, -0.2) is 9.97 Å². The van der Waals surface area contributed by atoms with Crippen LogP contribution in [0.3, 0.4) is 0 Å². The highest BCUT2D eigenvalue weighted by molar-refractivity contribution is 5.79. The lowest BCUT2D eigenvalue weighted by atomic mass is 9.74. The van der Waals surface area contributed by atoms with E-state index in [9.17, 15) is 0 Å². The number of benzene rings is 2. The minimum absolute atomic E-state index is 0.201. The lowest BCUT2D eigenvalue weighted by Crippen LogP contribution is -2.30. The Kier molecular flexibility index (Phi) is 2.62. The summed E-state index contributed by atoms with van der Waals surface area (Å²) in [7, 11) is 0. The number of tetrazole rings is 1. The Bertz CT molecular complexity index is 1310. The van der Waals surface area contributed by atoms with Gasteiger partial charge in [0.1, 0.15) is 24.1 Å². The molecular formula is C20H12N6O3. The molecule has 7 rings (SSSR count). The van der Waals surface area contributed by atoms with Crippen LogP contribution in [0.1, 0.15) is 17.0 Å². The zero-order valence-electron chi connectivity index (χ0n) is 14.9. The molecule has 3 aliphatic rings. The quantitative estimate of drug-likeness (QED) is 0.491. The molecule has 3 aliphatic heterocycles. The van der Waals surface area contributed by atoms with Crippen molar-refractivity contribution in [2.45, 2.75) is 5.41 Å². The van der Waals surface area contributed by atoms with Gasteiger partial charge in [0.2, 0.25) is 6.79 Å². The second kappa shape index (κ2) is 5.07. The van der Waals surface area contributed by atoms with E-state index in [0.29, 0.717) is 18.1 Å². The molecule has 5 heterocycles. The van der Waals surface area contributed by atoms with Crippen molar-refractivity contribution in [1.29, 1.82) is 0 Å². The minimum Gasteiger partial charge on any atom is -0.491 e. The van der Waals surface area contributed by atoms with Crippen LogP contribution in [-0.4, -0.2) is 43.6 Å². The van der Waals surface area contributed by atoms with Crippen LogP contribution in [-0.2, 0) is 5.41 Å². The highest BCUT2D eigenvalue weighted by atomic mass is 16.7. The van der Waals surface area contributed by atoms with E-state index in [1.165, 1.54) is 6.33 Å². The molecule has 1 atom stereocenters. The lowest BCUT2D eigenvalue weighted by Gasteiger charge is -2.24. The molecule has 0 saturated carbocycles. The van der Waals surface area contributed by atoms with Crippen molar-refractivity contribution in [3.8, 4) is 34.1 Å². The van der Waals surface area contributed by atoms with Crippen LogP contribution in [0.4, 0.5) is 0 Å². The molecule has 2 aromatic heterocycles. The van der Waals surface area contributed by atoms with Crippen LogP contribution in [0.2, 0.25) is 0 Å². The average molecular weight is 384 g/mol. The number of fused-ring (bicyclic) bond motifs is 8. The Labute approximate surface area is 163 Å². The number of rotatable bonds is 1. The summed E-state index contributed by atoms with van der Waals surface area (Å²) in [6, 6.07) is 9.93. The first kappa shape index (κ1) is 15.0. The molecule has 29 heavy (non-hydrogen) atoms. The van der Waals surface area contributed by atoms with Gasteiger partial charge in [0.05, 0.1) is 5.69 Å². The molecule has 0 saturated heterocycles. The van der Waals surface area contributed by atoms with E-state index < -0.39 is 5.41 Å². The zero-order chi connectivity index (χ0) is 19.0. The van der Waals surface area contributed by atoms with Gasteiger partial charge in [0.25, 0.3) is 0 Å². The van der Waals surface area contributed by atoms with Crippen LogP contribution >= 0.6 is 0 Å². The third kappa shape index (κ3) is 1.73. The van der Waals surface area contributed by atoms with Crippen LogP contribution in [0.15, 0.2) is 49.1 Å². The molecule has 0 aliphatic carbocycles. The maximum atomic E-state index is 6.16. The Balaban J connectivity index is 1.58. The van der Waals surface area contributed by atoms with Crippen molar-refractivity contribution in [3.63, 3.8) is 0 Å². The number of hydrogen-bond acceptors (Lipinski definition) is 8. The maximum absolute atomic E-state index is 6.16. The second-order valence-corrected chi connectivity index (χ2v) is 7.14. The molecule has 0 bridgehead atoms. The third-order valence-corrected chi connectivity index (χ3v) is 5.80. The number of aromatic nitrogens is 6. The third-order valence-electron chi connectivity index (χ3n) is 5.80. The van der Waals surface area contributed by atoms with Crippen molar-refractivity contribution in [2.75, 3.05) is 13.4 Å². The zero-order valence-corrected chi connectivity index (χ0v) is 14.9. The monoisotopic (exact) mass is 384 g/mol. The van der Waals surface area contributed by atoms with E-state index in [1.54, 1.807) is 17.1 Å². The van der Waals surface area contributed by atoms with E-state index >= 15 is 0 Å². The number of ether oxygens (including phenoxy) is 3. The summed E-state index contributed by atoms with van der Waals surface area (Å²) in [5.41, 5.74) is 4.17. The molecule has 1 spiro atoms. The summed E-state index contributed by atoms with van der Waals surface area (Å²) in [5.74, 6) is 2.84. The normalized spacial score (nSPS) is 19.7. The van der Waals surface area contributed by atoms with Crippen LogP contribution < -0.4 is 14.2 Å². The smallest absolute Gasteiger partial charge is 0.231 e. The minimum atomic E-state index is -0.665. The SMILES string of the molecule is c1cc(-c2cncnc2)c2c(c1)-n1nnnc1C21COc2cc3c(cc21)OCO3. The van der Waals surface area contributed by atoms with Crippen molar-refractivity contribution < 1.29 is 14.2 Å². The van der Waals surface area contributed by atoms with Gasteiger partial charge in [-0.15, -0.1) is 5.10 Å². The largest absolute Gasteiger partial charge is 0.491 e. The summed E-state index contributed by atoms with van der Waals surface area (Å²) in [6.07, 6.45) is 5.13. The molecule has 9 nitrogen and oxygen atoms in total. The molecule has 0 radical (unpaired) electrons. The Morgan fingerprint density at radius 1 is 0.966 bits per heavy atom. The molecule has 9 heteroatoms. The second-order valence-electron chi connectivity index (χ2n) is 7.14. The molecule has 0 amide bonds. The van der Waals surface area contributed by atoms with Crippen LogP contribution in [0.5, 0.6) is 17.2 Å². The molecule has 2 aromatic carbocycles. The average Bonchev–Trinajstić information content (AvgIpc) is 3.53. The standard InChI is InChI=1S/C20H12N6O3/c1-2-12(11-6-21-9-22-7-11)18-14(3-1)26-19(23-24-25-26)20(18)8-27-15-5-17-16(4-13(15)20)28-10-29-17/h1-7,9H,8,10H2. The maximum Gasteiger partial charge on any atom is 0.231 e.